The molecule has 5 rings (SSSR count). The van der Waals surface area contributed by atoms with Crippen LogP contribution >= 0.6 is 0 Å². The van der Waals surface area contributed by atoms with Gasteiger partial charge in [-0.15, -0.1) is 0 Å². The van der Waals surface area contributed by atoms with Gasteiger partial charge in [-0.05, 0) is 30.0 Å². The average Bonchev–Trinajstić information content (AvgIpc) is 3.56. The lowest BCUT2D eigenvalue weighted by molar-refractivity contribution is -0.139. The number of para-hydroxylation sites is 1. The second-order valence-corrected chi connectivity index (χ2v) is 11.0. The lowest BCUT2D eigenvalue weighted by atomic mass is 9.89. The van der Waals surface area contributed by atoms with E-state index in [1.807, 2.05) is 4.90 Å². The number of nitrogens with zero attached hydrogens (tertiary/aromatic N) is 2. The first-order valence-electron chi connectivity index (χ1n) is 12.3. The van der Waals surface area contributed by atoms with Crippen LogP contribution in [0.1, 0.15) is 39.2 Å². The molecule has 1 N–H and O–H groups in total. The molecule has 0 unspecified atom stereocenters. The maximum atomic E-state index is 12.4. The van der Waals surface area contributed by atoms with Crippen molar-refractivity contribution in [2.45, 2.75) is 33.6 Å². The Balaban J connectivity index is 1.33. The smallest absolute Gasteiger partial charge is 0.225 e. The topological polar surface area (TPSA) is 39.3 Å². The molecule has 0 spiro atoms. The van der Waals surface area contributed by atoms with Gasteiger partial charge in [0.1, 0.15) is 0 Å². The molecular weight excluding hydrogens is 418 g/mol. The number of nitrogens with one attached hydrogen (secondary N) is 1. The minimum atomic E-state index is -0.0693. The number of H-pyrrole nitrogens is 1. The summed E-state index contributed by atoms with van der Waals surface area (Å²) in [7, 11) is 0. The van der Waals surface area contributed by atoms with Gasteiger partial charge in [0, 0.05) is 70.9 Å². The molecule has 0 bridgehead atoms. The van der Waals surface area contributed by atoms with E-state index < -0.39 is 0 Å². The van der Waals surface area contributed by atoms with Crippen molar-refractivity contribution in [3.63, 3.8) is 0 Å². The number of carbonyl (C=O) groups excluding carboxylic acids is 1. The zero-order chi connectivity index (χ0) is 24.0. The normalized spacial score (nSPS) is 16.4. The molecule has 0 atom stereocenters. The standard InChI is InChI=1S/C30H35N3O/c1-20(23-10-12-24(13-11-23)27-16-31-28-9-7-6-8-26(27)28)33(21(2)30(3,4)5)19-22-17-32(18-22)29(34)25-14-15-25/h6-13,16,22,25,31H,1-2,14-15,17-19H2,3-5H3. The van der Waals surface area contributed by atoms with E-state index in [0.29, 0.717) is 17.7 Å². The third kappa shape index (κ3) is 4.29. The minimum Gasteiger partial charge on any atom is -0.361 e. The van der Waals surface area contributed by atoms with Crippen molar-refractivity contribution < 1.29 is 4.79 Å². The number of amides is 1. The lowest BCUT2D eigenvalue weighted by Gasteiger charge is -2.45. The van der Waals surface area contributed by atoms with Crippen molar-refractivity contribution in [2.75, 3.05) is 19.6 Å². The highest BCUT2D eigenvalue weighted by atomic mass is 16.2. The van der Waals surface area contributed by atoms with Crippen LogP contribution in [0.2, 0.25) is 0 Å². The van der Waals surface area contributed by atoms with E-state index in [4.69, 9.17) is 0 Å². The number of hydrogen-bond donors (Lipinski definition) is 1. The van der Waals surface area contributed by atoms with Crippen molar-refractivity contribution in [3.05, 3.63) is 79.1 Å². The number of likely N-dealkylation sites (tertiary alicyclic amines) is 1. The molecular formula is C30H35N3O. The molecule has 176 valence electrons. The molecule has 1 amide bonds. The Kier molecular flexibility index (Phi) is 5.63. The molecule has 1 saturated heterocycles. The van der Waals surface area contributed by atoms with Gasteiger partial charge < -0.3 is 14.8 Å². The summed E-state index contributed by atoms with van der Waals surface area (Å²) in [6.07, 6.45) is 4.21. The van der Waals surface area contributed by atoms with Gasteiger partial charge in [0.05, 0.1) is 0 Å². The SMILES string of the molecule is C=C(c1ccc(-c2c[nH]c3ccccc23)cc1)N(CC1CN(C(=O)C2CC2)C1)C(=C)C(C)(C)C. The fourth-order valence-corrected chi connectivity index (χ4v) is 4.81. The highest BCUT2D eigenvalue weighted by molar-refractivity contribution is 5.95. The molecule has 2 heterocycles. The van der Waals surface area contributed by atoms with Gasteiger partial charge in [0.2, 0.25) is 5.91 Å². The first-order valence-corrected chi connectivity index (χ1v) is 12.3. The maximum Gasteiger partial charge on any atom is 0.225 e. The Hall–Kier alpha value is -3.27. The highest BCUT2D eigenvalue weighted by Gasteiger charge is 2.40. The predicted octanol–water partition coefficient (Wildman–Crippen LogP) is 6.54. The Morgan fingerprint density at radius 1 is 1.06 bits per heavy atom. The van der Waals surface area contributed by atoms with Gasteiger partial charge >= 0.3 is 0 Å². The van der Waals surface area contributed by atoms with Gasteiger partial charge in [0.15, 0.2) is 0 Å². The second kappa shape index (κ2) is 8.50. The zero-order valence-corrected chi connectivity index (χ0v) is 20.6. The number of fused-ring (bicyclic) bond motifs is 1. The third-order valence-corrected chi connectivity index (χ3v) is 7.27. The first kappa shape index (κ1) is 22.5. The number of aromatic nitrogens is 1. The summed E-state index contributed by atoms with van der Waals surface area (Å²) >= 11 is 0. The molecule has 4 nitrogen and oxygen atoms in total. The summed E-state index contributed by atoms with van der Waals surface area (Å²) in [4.78, 5) is 20.0. The second-order valence-electron chi connectivity index (χ2n) is 11.0. The summed E-state index contributed by atoms with van der Waals surface area (Å²) in [5, 5.41) is 1.23. The van der Waals surface area contributed by atoms with Crippen molar-refractivity contribution in [1.29, 1.82) is 0 Å². The van der Waals surface area contributed by atoms with E-state index in [2.05, 4.69) is 98.5 Å². The molecule has 1 aromatic heterocycles. The number of benzene rings is 2. The van der Waals surface area contributed by atoms with Crippen LogP contribution in [0.5, 0.6) is 0 Å². The molecule has 2 aliphatic rings. The number of carbonyl (C=O) groups is 1. The van der Waals surface area contributed by atoms with E-state index in [0.717, 1.165) is 55.0 Å². The molecule has 1 saturated carbocycles. The molecule has 34 heavy (non-hydrogen) atoms. The fraction of sp³-hybridized carbons (Fsp3) is 0.367. The van der Waals surface area contributed by atoms with Gasteiger partial charge in [-0.2, -0.15) is 0 Å². The monoisotopic (exact) mass is 453 g/mol. The number of allylic oxidation sites excluding steroid dienone is 1. The van der Waals surface area contributed by atoms with Crippen molar-refractivity contribution in [1.82, 2.24) is 14.8 Å². The molecule has 1 aliphatic carbocycles. The van der Waals surface area contributed by atoms with Gasteiger partial charge in [0.25, 0.3) is 0 Å². The fourth-order valence-electron chi connectivity index (χ4n) is 4.81. The van der Waals surface area contributed by atoms with Crippen LogP contribution in [0.25, 0.3) is 27.7 Å². The van der Waals surface area contributed by atoms with Crippen LogP contribution in [0.3, 0.4) is 0 Å². The largest absolute Gasteiger partial charge is 0.361 e. The minimum absolute atomic E-state index is 0.0693. The quantitative estimate of drug-likeness (QED) is 0.441. The van der Waals surface area contributed by atoms with Gasteiger partial charge in [-0.3, -0.25) is 4.79 Å². The van der Waals surface area contributed by atoms with Gasteiger partial charge in [-0.1, -0.05) is 76.4 Å². The summed E-state index contributed by atoms with van der Waals surface area (Å²) in [6, 6.07) is 17.0. The zero-order valence-electron chi connectivity index (χ0n) is 20.6. The van der Waals surface area contributed by atoms with Crippen molar-refractivity contribution in [3.8, 4) is 11.1 Å². The van der Waals surface area contributed by atoms with Crippen LogP contribution < -0.4 is 0 Å². The predicted molar refractivity (Wildman–Crippen MR) is 141 cm³/mol. The molecule has 4 heteroatoms. The number of rotatable bonds is 7. The molecule has 3 aromatic rings. The van der Waals surface area contributed by atoms with Gasteiger partial charge in [-0.25, -0.2) is 0 Å². The molecule has 1 aliphatic heterocycles. The average molecular weight is 454 g/mol. The van der Waals surface area contributed by atoms with Crippen LogP contribution in [0, 0.1) is 17.3 Å². The van der Waals surface area contributed by atoms with Crippen molar-refractivity contribution >= 4 is 22.5 Å². The van der Waals surface area contributed by atoms with E-state index in [9.17, 15) is 4.79 Å². The van der Waals surface area contributed by atoms with Crippen LogP contribution in [0.4, 0.5) is 0 Å². The highest BCUT2D eigenvalue weighted by Crippen LogP contribution is 2.37. The number of hydrogen-bond acceptors (Lipinski definition) is 2. The van der Waals surface area contributed by atoms with Crippen molar-refractivity contribution in [2.24, 2.45) is 17.3 Å². The summed E-state index contributed by atoms with van der Waals surface area (Å²) < 4.78 is 0. The number of aromatic amines is 1. The molecule has 2 fully saturated rings. The van der Waals surface area contributed by atoms with Crippen LogP contribution in [-0.2, 0) is 4.79 Å². The Morgan fingerprint density at radius 2 is 1.74 bits per heavy atom. The van der Waals surface area contributed by atoms with E-state index in [1.165, 1.54) is 16.5 Å². The summed E-state index contributed by atoms with van der Waals surface area (Å²) in [6.45, 7) is 18.0. The molecule has 2 aromatic carbocycles. The lowest BCUT2D eigenvalue weighted by Crippen LogP contribution is -2.54. The first-order chi connectivity index (χ1) is 16.2. The Bertz CT molecular complexity index is 1230. The Labute approximate surface area is 203 Å². The molecule has 0 radical (unpaired) electrons. The van der Waals surface area contributed by atoms with E-state index in [-0.39, 0.29) is 5.41 Å². The van der Waals surface area contributed by atoms with E-state index in [1.54, 1.807) is 0 Å². The van der Waals surface area contributed by atoms with Crippen LogP contribution in [0.15, 0.2) is 73.6 Å². The van der Waals surface area contributed by atoms with E-state index >= 15 is 0 Å². The van der Waals surface area contributed by atoms with Crippen LogP contribution in [-0.4, -0.2) is 40.3 Å². The summed E-state index contributed by atoms with van der Waals surface area (Å²) in [5.41, 5.74) is 6.59. The maximum absolute atomic E-state index is 12.4. The third-order valence-electron chi connectivity index (χ3n) is 7.27. The summed E-state index contributed by atoms with van der Waals surface area (Å²) in [5.74, 6) is 1.10. The Morgan fingerprint density at radius 3 is 2.38 bits per heavy atom.